The van der Waals surface area contributed by atoms with Crippen molar-refractivity contribution in [3.8, 4) is 6.07 Å². The van der Waals surface area contributed by atoms with Crippen molar-refractivity contribution in [2.75, 3.05) is 5.73 Å². The van der Waals surface area contributed by atoms with Crippen LogP contribution < -0.4 is 5.73 Å². The highest BCUT2D eigenvalue weighted by atomic mass is 16.4. The molecule has 5 heteroatoms. The SMILES string of the molecule is N#Cc1ccc(N)c(C(=O)O)n1. The fourth-order valence-corrected chi connectivity index (χ4v) is 0.703. The molecule has 12 heavy (non-hydrogen) atoms. The van der Waals surface area contributed by atoms with Crippen molar-refractivity contribution < 1.29 is 9.90 Å². The number of hydrogen-bond donors (Lipinski definition) is 2. The van der Waals surface area contributed by atoms with Crippen LogP contribution in [0.15, 0.2) is 12.1 Å². The van der Waals surface area contributed by atoms with Gasteiger partial charge in [-0.2, -0.15) is 5.26 Å². The van der Waals surface area contributed by atoms with Gasteiger partial charge in [-0.05, 0) is 12.1 Å². The molecule has 0 radical (unpaired) electrons. The maximum atomic E-state index is 10.4. The Labute approximate surface area is 68.1 Å². The number of carboxylic acid groups (broad SMARTS) is 1. The summed E-state index contributed by atoms with van der Waals surface area (Å²) in [5.74, 6) is -1.23. The van der Waals surface area contributed by atoms with Gasteiger partial charge in [0, 0.05) is 0 Å². The maximum absolute atomic E-state index is 10.4. The van der Waals surface area contributed by atoms with Crippen molar-refractivity contribution in [2.24, 2.45) is 0 Å². The largest absolute Gasteiger partial charge is 0.476 e. The molecule has 0 atom stereocenters. The Morgan fingerprint density at radius 1 is 1.67 bits per heavy atom. The molecule has 1 rings (SSSR count). The van der Waals surface area contributed by atoms with Gasteiger partial charge in [0.2, 0.25) is 0 Å². The predicted molar refractivity (Wildman–Crippen MR) is 40.3 cm³/mol. The van der Waals surface area contributed by atoms with Crippen LogP contribution in [0.3, 0.4) is 0 Å². The van der Waals surface area contributed by atoms with Crippen molar-refractivity contribution in [1.29, 1.82) is 5.26 Å². The van der Waals surface area contributed by atoms with Crippen LogP contribution >= 0.6 is 0 Å². The number of carbonyl (C=O) groups is 1. The standard InChI is InChI=1S/C7H5N3O2/c8-3-4-1-2-5(9)6(10-4)7(11)12/h1-2H,9H2,(H,11,12). The van der Waals surface area contributed by atoms with Crippen LogP contribution in [0.5, 0.6) is 0 Å². The molecule has 0 fully saturated rings. The van der Waals surface area contributed by atoms with Gasteiger partial charge < -0.3 is 10.8 Å². The van der Waals surface area contributed by atoms with Gasteiger partial charge in [-0.3, -0.25) is 0 Å². The number of nitrogens with zero attached hydrogens (tertiary/aromatic N) is 2. The van der Waals surface area contributed by atoms with E-state index in [0.717, 1.165) is 0 Å². The van der Waals surface area contributed by atoms with Crippen molar-refractivity contribution in [1.82, 2.24) is 4.98 Å². The molecule has 1 heterocycles. The van der Waals surface area contributed by atoms with Crippen molar-refractivity contribution >= 4 is 11.7 Å². The summed E-state index contributed by atoms with van der Waals surface area (Å²) in [5.41, 5.74) is 5.11. The van der Waals surface area contributed by atoms with E-state index in [9.17, 15) is 4.79 Å². The van der Waals surface area contributed by atoms with E-state index >= 15 is 0 Å². The minimum Gasteiger partial charge on any atom is -0.476 e. The third-order valence-corrected chi connectivity index (χ3v) is 1.24. The zero-order chi connectivity index (χ0) is 9.14. The Hall–Kier alpha value is -2.09. The Bertz CT molecular complexity index is 367. The van der Waals surface area contributed by atoms with Gasteiger partial charge in [-0.15, -0.1) is 0 Å². The minimum atomic E-state index is -1.23. The van der Waals surface area contributed by atoms with Gasteiger partial charge in [0.15, 0.2) is 5.69 Å². The highest BCUT2D eigenvalue weighted by Crippen LogP contribution is 2.08. The van der Waals surface area contributed by atoms with Crippen LogP contribution in [0.25, 0.3) is 0 Å². The van der Waals surface area contributed by atoms with E-state index in [0.29, 0.717) is 0 Å². The van der Waals surface area contributed by atoms with Crippen LogP contribution in [0.1, 0.15) is 16.2 Å². The summed E-state index contributed by atoms with van der Waals surface area (Å²) in [7, 11) is 0. The number of nitriles is 1. The summed E-state index contributed by atoms with van der Waals surface area (Å²) >= 11 is 0. The summed E-state index contributed by atoms with van der Waals surface area (Å²) < 4.78 is 0. The normalized spacial score (nSPS) is 8.92. The van der Waals surface area contributed by atoms with E-state index in [4.69, 9.17) is 16.1 Å². The summed E-state index contributed by atoms with van der Waals surface area (Å²) in [6.07, 6.45) is 0. The first-order chi connectivity index (χ1) is 5.65. The molecule has 0 aromatic carbocycles. The monoisotopic (exact) mass is 163 g/mol. The summed E-state index contributed by atoms with van der Waals surface area (Å²) in [4.78, 5) is 13.9. The number of rotatable bonds is 1. The third-order valence-electron chi connectivity index (χ3n) is 1.24. The summed E-state index contributed by atoms with van der Waals surface area (Å²) in [5, 5.41) is 16.9. The van der Waals surface area contributed by atoms with Gasteiger partial charge in [0.25, 0.3) is 0 Å². The molecule has 1 aromatic rings. The molecule has 0 aliphatic heterocycles. The molecule has 3 N–H and O–H groups in total. The summed E-state index contributed by atoms with van der Waals surface area (Å²) in [6, 6.07) is 4.42. The molecule has 0 aliphatic carbocycles. The van der Waals surface area contributed by atoms with Gasteiger partial charge in [-0.1, -0.05) is 0 Å². The smallest absolute Gasteiger partial charge is 0.356 e. The zero-order valence-electron chi connectivity index (χ0n) is 5.98. The zero-order valence-corrected chi connectivity index (χ0v) is 5.98. The number of carboxylic acids is 1. The third kappa shape index (κ3) is 1.32. The lowest BCUT2D eigenvalue weighted by atomic mass is 10.2. The Morgan fingerprint density at radius 3 is 2.83 bits per heavy atom. The fourth-order valence-electron chi connectivity index (χ4n) is 0.703. The second-order valence-electron chi connectivity index (χ2n) is 2.05. The quantitative estimate of drug-likeness (QED) is 0.617. The first kappa shape index (κ1) is 8.01. The lowest BCUT2D eigenvalue weighted by molar-refractivity contribution is 0.0691. The Kier molecular flexibility index (Phi) is 1.92. The predicted octanol–water partition coefficient (Wildman–Crippen LogP) is 0.234. The molecule has 0 bridgehead atoms. The molecule has 0 saturated carbocycles. The van der Waals surface area contributed by atoms with Crippen LogP contribution in [0, 0.1) is 11.3 Å². The van der Waals surface area contributed by atoms with Crippen LogP contribution in [-0.4, -0.2) is 16.1 Å². The highest BCUT2D eigenvalue weighted by molar-refractivity contribution is 5.91. The first-order valence-corrected chi connectivity index (χ1v) is 3.05. The van der Waals surface area contributed by atoms with Gasteiger partial charge >= 0.3 is 5.97 Å². The van der Waals surface area contributed by atoms with Crippen LogP contribution in [0.2, 0.25) is 0 Å². The van der Waals surface area contributed by atoms with Crippen molar-refractivity contribution in [3.05, 3.63) is 23.5 Å². The molecule has 0 amide bonds. The number of pyridine rings is 1. The topological polar surface area (TPSA) is 100 Å². The van der Waals surface area contributed by atoms with E-state index in [1.165, 1.54) is 12.1 Å². The van der Waals surface area contributed by atoms with E-state index in [1.54, 1.807) is 6.07 Å². The first-order valence-electron chi connectivity index (χ1n) is 3.05. The lowest BCUT2D eigenvalue weighted by Crippen LogP contribution is -2.06. The molecular formula is C7H5N3O2. The van der Waals surface area contributed by atoms with Gasteiger partial charge in [0.05, 0.1) is 5.69 Å². The van der Waals surface area contributed by atoms with Crippen LogP contribution in [0.4, 0.5) is 5.69 Å². The van der Waals surface area contributed by atoms with Gasteiger partial charge in [0.1, 0.15) is 11.8 Å². The highest BCUT2D eigenvalue weighted by Gasteiger charge is 2.09. The second-order valence-corrected chi connectivity index (χ2v) is 2.05. The minimum absolute atomic E-state index is 0.0431. The van der Waals surface area contributed by atoms with Crippen LogP contribution in [-0.2, 0) is 0 Å². The number of nitrogens with two attached hydrogens (primary N) is 1. The van der Waals surface area contributed by atoms with E-state index < -0.39 is 5.97 Å². The Morgan fingerprint density at radius 2 is 2.33 bits per heavy atom. The molecule has 5 nitrogen and oxygen atoms in total. The molecule has 0 aliphatic rings. The molecule has 60 valence electrons. The number of aromatic carboxylic acids is 1. The summed E-state index contributed by atoms with van der Waals surface area (Å²) in [6.45, 7) is 0. The molecule has 0 saturated heterocycles. The molecular weight excluding hydrogens is 158 g/mol. The van der Waals surface area contributed by atoms with Gasteiger partial charge in [-0.25, -0.2) is 9.78 Å². The Balaban J connectivity index is 3.28. The number of nitrogen functional groups attached to an aromatic ring is 1. The number of anilines is 1. The van der Waals surface area contributed by atoms with E-state index in [-0.39, 0.29) is 17.1 Å². The fraction of sp³-hybridized carbons (Fsp3) is 0. The number of aromatic nitrogens is 1. The number of hydrogen-bond acceptors (Lipinski definition) is 4. The maximum Gasteiger partial charge on any atom is 0.356 e. The average molecular weight is 163 g/mol. The van der Waals surface area contributed by atoms with E-state index in [1.807, 2.05) is 0 Å². The van der Waals surface area contributed by atoms with Crippen molar-refractivity contribution in [3.63, 3.8) is 0 Å². The molecule has 0 spiro atoms. The molecule has 0 unspecified atom stereocenters. The van der Waals surface area contributed by atoms with E-state index in [2.05, 4.69) is 4.98 Å². The molecule has 1 aromatic heterocycles. The average Bonchev–Trinajstić information content (AvgIpc) is 2.05. The second kappa shape index (κ2) is 2.88. The van der Waals surface area contributed by atoms with Crippen molar-refractivity contribution in [2.45, 2.75) is 0 Å². The lowest BCUT2D eigenvalue weighted by Gasteiger charge is -1.97.